The van der Waals surface area contributed by atoms with Crippen LogP contribution in [0, 0.1) is 24.0 Å². The average molecular weight is 439 g/mol. The fourth-order valence-corrected chi connectivity index (χ4v) is 3.15. The molecule has 0 aliphatic carbocycles. The fourth-order valence-electron chi connectivity index (χ4n) is 3.15. The topological polar surface area (TPSA) is 84.7 Å². The zero-order valence-electron chi connectivity index (χ0n) is 17.5. The molecule has 10 heteroatoms. The van der Waals surface area contributed by atoms with Gasteiger partial charge in [-0.05, 0) is 43.7 Å². The van der Waals surface area contributed by atoms with Crippen LogP contribution in [0.3, 0.4) is 0 Å². The normalized spacial score (nSPS) is 11.5. The number of ether oxygens (including phenoxy) is 1. The number of halogens is 3. The Bertz CT molecular complexity index is 925. The van der Waals surface area contributed by atoms with Crippen molar-refractivity contribution < 1.29 is 27.6 Å². The number of anilines is 1. The lowest BCUT2D eigenvalue weighted by molar-refractivity contribution is -0.383. The lowest BCUT2D eigenvalue weighted by Gasteiger charge is -2.19. The van der Waals surface area contributed by atoms with Crippen molar-refractivity contribution in [2.24, 2.45) is 0 Å². The Morgan fingerprint density at radius 1 is 1.19 bits per heavy atom. The summed E-state index contributed by atoms with van der Waals surface area (Å²) in [5, 5.41) is 13.6. The molecule has 7 nitrogen and oxygen atoms in total. The van der Waals surface area contributed by atoms with E-state index in [1.54, 1.807) is 39.1 Å². The van der Waals surface area contributed by atoms with Gasteiger partial charge in [0.15, 0.2) is 6.61 Å². The van der Waals surface area contributed by atoms with Gasteiger partial charge in [0, 0.05) is 25.6 Å². The molecule has 0 fully saturated rings. The van der Waals surface area contributed by atoms with E-state index in [1.165, 1.54) is 18.2 Å². The number of nitrogens with one attached hydrogen (secondary N) is 1. The van der Waals surface area contributed by atoms with E-state index >= 15 is 0 Å². The Labute approximate surface area is 178 Å². The molecule has 31 heavy (non-hydrogen) atoms. The molecule has 1 N–H and O–H groups in total. The lowest BCUT2D eigenvalue weighted by atomic mass is 10.1. The third-order valence-corrected chi connectivity index (χ3v) is 4.45. The average Bonchev–Trinajstić information content (AvgIpc) is 2.65. The minimum atomic E-state index is -4.40. The van der Waals surface area contributed by atoms with Crippen molar-refractivity contribution in [3.05, 3.63) is 63.2 Å². The third-order valence-electron chi connectivity index (χ3n) is 4.45. The summed E-state index contributed by atoms with van der Waals surface area (Å²) < 4.78 is 42.1. The molecule has 0 aliphatic rings. The van der Waals surface area contributed by atoms with Crippen molar-refractivity contribution in [1.82, 2.24) is 4.90 Å². The molecule has 0 saturated carbocycles. The third kappa shape index (κ3) is 7.56. The molecule has 0 saturated heterocycles. The highest BCUT2D eigenvalue weighted by Crippen LogP contribution is 2.28. The minimum Gasteiger partial charge on any atom is -0.484 e. The molecule has 2 aromatic carbocycles. The molecule has 0 atom stereocenters. The number of alkyl halides is 3. The van der Waals surface area contributed by atoms with Crippen molar-refractivity contribution in [3.8, 4) is 5.75 Å². The van der Waals surface area contributed by atoms with Crippen LogP contribution in [-0.4, -0.2) is 42.1 Å². The molecule has 0 aromatic heterocycles. The van der Waals surface area contributed by atoms with E-state index in [-0.39, 0.29) is 29.5 Å². The Balaban J connectivity index is 1.92. The van der Waals surface area contributed by atoms with Crippen molar-refractivity contribution in [2.45, 2.75) is 33.0 Å². The van der Waals surface area contributed by atoms with E-state index < -0.39 is 17.7 Å². The van der Waals surface area contributed by atoms with Crippen molar-refractivity contribution in [1.29, 1.82) is 0 Å². The summed E-state index contributed by atoms with van der Waals surface area (Å²) in [6, 6.07) is 9.40. The number of hydrogen-bond donors (Lipinski definition) is 1. The number of nitrogens with zero attached hydrogens (tertiary/aromatic N) is 2. The molecular weight excluding hydrogens is 415 g/mol. The monoisotopic (exact) mass is 439 g/mol. The van der Waals surface area contributed by atoms with E-state index in [1.807, 2.05) is 4.90 Å². The molecule has 0 aliphatic heterocycles. The summed E-state index contributed by atoms with van der Waals surface area (Å²) >= 11 is 0. The first-order valence-corrected chi connectivity index (χ1v) is 9.48. The highest BCUT2D eigenvalue weighted by Gasteiger charge is 2.29. The quantitative estimate of drug-likeness (QED) is 0.456. The maximum Gasteiger partial charge on any atom is 0.422 e. The maximum atomic E-state index is 12.4. The van der Waals surface area contributed by atoms with Gasteiger partial charge in [-0.1, -0.05) is 24.3 Å². The van der Waals surface area contributed by atoms with Crippen LogP contribution in [0.5, 0.6) is 5.75 Å². The fraction of sp³-hybridized carbons (Fsp3) is 0.381. The molecule has 2 rings (SSSR count). The summed E-state index contributed by atoms with van der Waals surface area (Å²) in [6.45, 7) is 2.88. The first-order chi connectivity index (χ1) is 14.5. The zero-order chi connectivity index (χ0) is 23.2. The number of nitro benzene ring substituents is 1. The Kier molecular flexibility index (Phi) is 7.98. The van der Waals surface area contributed by atoms with E-state index in [2.05, 4.69) is 5.32 Å². The number of carbonyl (C=O) groups is 1. The van der Waals surface area contributed by atoms with E-state index in [0.717, 1.165) is 5.56 Å². The van der Waals surface area contributed by atoms with Gasteiger partial charge in [0.05, 0.1) is 4.92 Å². The molecule has 168 valence electrons. The molecule has 1 amide bonds. The summed E-state index contributed by atoms with van der Waals surface area (Å²) in [7, 11) is 1.80. The van der Waals surface area contributed by atoms with Gasteiger partial charge in [0.2, 0.25) is 5.91 Å². The van der Waals surface area contributed by atoms with Crippen LogP contribution >= 0.6 is 0 Å². The Hall–Kier alpha value is -3.14. The van der Waals surface area contributed by atoms with Gasteiger partial charge in [0.1, 0.15) is 11.4 Å². The van der Waals surface area contributed by atoms with Crippen LogP contribution in [0.15, 0.2) is 36.4 Å². The second-order valence-electron chi connectivity index (χ2n) is 7.27. The summed E-state index contributed by atoms with van der Waals surface area (Å²) in [5.74, 6) is -0.142. The highest BCUT2D eigenvalue weighted by molar-refractivity contribution is 5.93. The van der Waals surface area contributed by atoms with Crippen molar-refractivity contribution in [2.75, 3.05) is 25.5 Å². The van der Waals surface area contributed by atoms with Crippen LogP contribution < -0.4 is 10.1 Å². The smallest absolute Gasteiger partial charge is 0.422 e. The van der Waals surface area contributed by atoms with E-state index in [0.29, 0.717) is 24.2 Å². The molecule has 0 heterocycles. The SMILES string of the molecule is Cc1cc(CN(C)CCC(=O)Nc2ccccc2[N+](=O)[O-])cc(C)c1OCC(F)(F)F. The molecule has 0 unspecified atom stereocenters. The number of aryl methyl sites for hydroxylation is 2. The summed E-state index contributed by atoms with van der Waals surface area (Å²) in [5.41, 5.74) is 2.03. The maximum absolute atomic E-state index is 12.4. The first-order valence-electron chi connectivity index (χ1n) is 9.48. The predicted molar refractivity (Wildman–Crippen MR) is 110 cm³/mol. The van der Waals surface area contributed by atoms with Crippen LogP contribution in [0.2, 0.25) is 0 Å². The highest BCUT2D eigenvalue weighted by atomic mass is 19.4. The van der Waals surface area contributed by atoms with E-state index in [4.69, 9.17) is 4.74 Å². The van der Waals surface area contributed by atoms with Gasteiger partial charge in [0.25, 0.3) is 5.69 Å². The van der Waals surface area contributed by atoms with Crippen molar-refractivity contribution >= 4 is 17.3 Å². The zero-order valence-corrected chi connectivity index (χ0v) is 17.5. The second kappa shape index (κ2) is 10.3. The second-order valence-corrected chi connectivity index (χ2v) is 7.27. The van der Waals surface area contributed by atoms with Crippen molar-refractivity contribution in [3.63, 3.8) is 0 Å². The molecule has 2 aromatic rings. The standard InChI is InChI=1S/C21H24F3N3O4/c1-14-10-16(11-15(2)20(14)31-13-21(22,23)24)12-26(3)9-8-19(28)25-17-6-4-5-7-18(17)27(29)30/h4-7,10-11H,8-9,12-13H2,1-3H3,(H,25,28). The molecule has 0 bridgehead atoms. The van der Waals surface area contributed by atoms with Crippen LogP contribution in [0.25, 0.3) is 0 Å². The van der Waals surface area contributed by atoms with Gasteiger partial charge in [-0.15, -0.1) is 0 Å². The number of nitro groups is 1. The summed E-state index contributed by atoms with van der Waals surface area (Å²) in [6.07, 6.45) is -4.29. The molecule has 0 radical (unpaired) electrons. The Morgan fingerprint density at radius 3 is 2.39 bits per heavy atom. The number of amides is 1. The van der Waals surface area contributed by atoms with Gasteiger partial charge in [-0.25, -0.2) is 0 Å². The number of para-hydroxylation sites is 2. The largest absolute Gasteiger partial charge is 0.484 e. The predicted octanol–water partition coefficient (Wildman–Crippen LogP) is 4.61. The van der Waals surface area contributed by atoms with Gasteiger partial charge in [-0.2, -0.15) is 13.2 Å². The molecular formula is C21H24F3N3O4. The van der Waals surface area contributed by atoms with Crippen LogP contribution in [0.4, 0.5) is 24.5 Å². The number of benzene rings is 2. The lowest BCUT2D eigenvalue weighted by Crippen LogP contribution is -2.24. The van der Waals surface area contributed by atoms with Gasteiger partial charge < -0.3 is 15.0 Å². The molecule has 0 spiro atoms. The van der Waals surface area contributed by atoms with E-state index in [9.17, 15) is 28.1 Å². The summed E-state index contributed by atoms with van der Waals surface area (Å²) in [4.78, 5) is 24.5. The van der Waals surface area contributed by atoms with Crippen LogP contribution in [-0.2, 0) is 11.3 Å². The number of rotatable bonds is 9. The minimum absolute atomic E-state index is 0.118. The van der Waals surface area contributed by atoms with Gasteiger partial charge in [-0.3, -0.25) is 14.9 Å². The number of hydrogen-bond acceptors (Lipinski definition) is 5. The van der Waals surface area contributed by atoms with Gasteiger partial charge >= 0.3 is 6.18 Å². The number of carbonyl (C=O) groups excluding carboxylic acids is 1. The first kappa shape index (κ1) is 24.1. The van der Waals surface area contributed by atoms with Crippen LogP contribution in [0.1, 0.15) is 23.1 Å². The Morgan fingerprint density at radius 2 is 1.81 bits per heavy atom.